The van der Waals surface area contributed by atoms with E-state index in [-0.39, 0.29) is 63.4 Å². The predicted octanol–water partition coefficient (Wildman–Crippen LogP) is 11.1. The molecule has 16 aromatic rings. The summed E-state index contributed by atoms with van der Waals surface area (Å²) in [6, 6.07) is 23.2. The molecule has 0 radical (unpaired) electrons. The Morgan fingerprint density at radius 2 is 0.593 bits per heavy atom. The molecule has 0 unspecified atom stereocenters. The molecule has 12 aromatic heterocycles. The van der Waals surface area contributed by atoms with Gasteiger partial charge in [-0.2, -0.15) is 20.4 Å². The number of fused-ring (bicyclic) bond motifs is 8. The van der Waals surface area contributed by atoms with Crippen molar-refractivity contribution in [1.82, 2.24) is 103 Å². The van der Waals surface area contributed by atoms with Gasteiger partial charge in [0.1, 0.15) is 23.3 Å². The summed E-state index contributed by atoms with van der Waals surface area (Å²) < 4.78 is 111. The van der Waals surface area contributed by atoms with Crippen LogP contribution in [0.2, 0.25) is 0 Å². The monoisotopic (exact) mass is 2030 g/mol. The molecule has 730 valence electrons. The summed E-state index contributed by atoms with van der Waals surface area (Å²) in [4.78, 5) is 57.6. The Balaban J connectivity index is 0.000000116. The van der Waals surface area contributed by atoms with Gasteiger partial charge in [-0.05, 0) is 179 Å². The first-order valence-corrected chi connectivity index (χ1v) is 50.6. The topological polar surface area (TPSA) is 259 Å². The van der Waals surface area contributed by atoms with Crippen LogP contribution < -0.4 is 43.6 Å². The molecule has 0 N–H and O–H groups in total. The van der Waals surface area contributed by atoms with Crippen LogP contribution in [0.5, 0.6) is 0 Å². The molecule has 0 spiro atoms. The van der Waals surface area contributed by atoms with Crippen LogP contribution in [0.3, 0.4) is 0 Å². The van der Waals surface area contributed by atoms with Crippen LogP contribution >= 0.6 is 0 Å². The maximum absolute atomic E-state index is 14.1. The van der Waals surface area contributed by atoms with Gasteiger partial charge in [0, 0.05) is 239 Å². The molecule has 8 aliphatic heterocycles. The molecular formula is C104H120F4IN27O3S. The van der Waals surface area contributed by atoms with Crippen molar-refractivity contribution in [3.05, 3.63) is 223 Å². The Kier molecular flexibility index (Phi) is 26.3. The van der Waals surface area contributed by atoms with E-state index in [4.69, 9.17) is 24.0 Å². The number of hydrogen-bond donors (Lipinski definition) is 0. The van der Waals surface area contributed by atoms with Crippen LogP contribution in [-0.2, 0) is 9.84 Å². The van der Waals surface area contributed by atoms with Crippen LogP contribution in [0.25, 0.3) is 111 Å². The number of nitrogens with zero attached hydrogens (tertiary/aromatic N) is 27. The average molecular weight is 2030 g/mol. The highest BCUT2D eigenvalue weighted by molar-refractivity contribution is 7.91. The molecule has 24 rings (SSSR count). The number of aromatic nitrogens is 16. The number of piperidine rings is 4. The van der Waals surface area contributed by atoms with E-state index in [0.717, 1.165) is 233 Å². The third-order valence-electron chi connectivity index (χ3n) is 30.4. The predicted molar refractivity (Wildman–Crippen MR) is 538 cm³/mol. The number of hydroxylamine groups is 3. The minimum atomic E-state index is -2.85. The second-order valence-electron chi connectivity index (χ2n) is 39.7. The van der Waals surface area contributed by atoms with Gasteiger partial charge in [-0.3, -0.25) is 39.5 Å². The normalized spacial score (nSPS) is 19.7. The number of halogens is 5. The van der Waals surface area contributed by atoms with Gasteiger partial charge in [-0.1, -0.05) is 0 Å². The Hall–Kier alpha value is -11.7. The Morgan fingerprint density at radius 3 is 0.864 bits per heavy atom. The summed E-state index contributed by atoms with van der Waals surface area (Å²) in [6.45, 7) is 24.9. The van der Waals surface area contributed by atoms with E-state index in [1.165, 1.54) is 63.3 Å². The number of benzene rings is 4. The molecule has 36 heteroatoms. The molecular weight excluding hydrogens is 1910 g/mol. The zero-order chi connectivity index (χ0) is 98.2. The fraction of sp³-hybridized carbons (Fsp3) is 0.423. The molecule has 140 heavy (non-hydrogen) atoms. The standard InChI is InChI=1S/C27H33FN7.C26H30FN7O.C26H30FN7.C25H27FN6O2S.HI/c1-19-14-23-22(4-7-29-26(23)15-25(19)28)24-17-31-34-18-21(16-30-27(24)34)32-8-5-20(6-9-32)33-10-12-35(2,3)13-11-33;1-18-13-22-21(3-6-28-25(22)14-24(18)27)23-16-30-33-17-20(15-29-26(23)33)31-7-4-19(5-8-31)32-9-11-34(2,35)12-10-32;1-18-13-22-21(3-6-28-25(22)14-24(18)27)23-16-30-34-17-20(15-29-26(23)34)32-7-4-19(5-8-32)33-11-9-31(2)10-12-33;1-17-12-21-20(2-5-27-24(21)13-23(17)26)22-15-29-32-16-19(14-28-25(22)32)30-6-3-18(4-7-30)31-8-10-35(33,34)11-9-31;/h4,7,14-18,20H,5-6,8-13H2,1-3H3;3,6,13-17,19H,4-5,7-12H2,1-2H3;3,6,13-17,19H,4-5,7-12H2,1-2H3;2,5,12-16,18H,3-4,6-11H2,1H3;1H/q+1;;;;/p-1/i;;2D3;;. The van der Waals surface area contributed by atoms with Crippen molar-refractivity contribution in [1.29, 1.82) is 0 Å². The number of likely N-dealkylation sites (N-methyl/N-ethyl adjacent to an activating group) is 3. The number of sulfone groups is 1. The van der Waals surface area contributed by atoms with E-state index < -0.39 is 16.8 Å². The quantitative estimate of drug-likeness (QED) is 0.0476. The maximum atomic E-state index is 14.1. The number of piperazine rings is 3. The Morgan fingerprint density at radius 1 is 0.336 bits per heavy atom. The SMILES string of the molecule is Cc1cc2c(-c3cnn4cc(N5CCC(N6CCS(=O)(=O)CC6)CC5)cnc34)ccnc2cc1F.Cc1cc2c(-c3cnn4cc(N5CCC(N6CC[N+](C)(C)CC6)CC5)cnc34)ccnc2cc1F.Cc1cc2c(-c3cnn4cc(N5CCC(N6CC[N+](C)([O-])CC6)CC5)cnc34)ccnc2cc1F.[2H]C([2H])([2H])N1CCN(C2CCN(c3cnc4c(-c5ccnc6cc(F)c(C)cc56)cnn4c3)CC2)CC1.[I-]. The van der Waals surface area contributed by atoms with Gasteiger partial charge in [-0.25, -0.2) is 64.0 Å². The van der Waals surface area contributed by atoms with Crippen molar-refractivity contribution >= 4 is 98.8 Å². The van der Waals surface area contributed by atoms with Gasteiger partial charge in [0.15, 0.2) is 32.4 Å². The average Bonchev–Trinajstić information content (AvgIpc) is 1.67. The second-order valence-corrected chi connectivity index (χ2v) is 42.0. The number of aryl methyl sites for hydroxylation is 4. The summed E-state index contributed by atoms with van der Waals surface area (Å²) in [5, 5.41) is 34.1. The molecule has 30 nitrogen and oxygen atoms in total. The lowest BCUT2D eigenvalue weighted by Gasteiger charge is -2.48. The second kappa shape index (κ2) is 40.0. The highest BCUT2D eigenvalue weighted by Gasteiger charge is 2.36. The first-order chi connectivity index (χ1) is 68.4. The fourth-order valence-corrected chi connectivity index (χ4v) is 22.9. The summed E-state index contributed by atoms with van der Waals surface area (Å²) >= 11 is 0. The molecule has 0 amide bonds. The molecule has 8 aliphatic rings. The van der Waals surface area contributed by atoms with Crippen LogP contribution in [-0.4, -0.2) is 328 Å². The van der Waals surface area contributed by atoms with E-state index in [1.807, 2.05) is 124 Å². The van der Waals surface area contributed by atoms with Crippen LogP contribution in [0.1, 0.15) is 77.7 Å². The molecule has 0 aliphatic carbocycles. The number of rotatable bonds is 12. The lowest BCUT2D eigenvalue weighted by Crippen LogP contribution is -3.00. The van der Waals surface area contributed by atoms with Crippen LogP contribution in [0.4, 0.5) is 40.3 Å². The molecule has 4 aromatic carbocycles. The lowest BCUT2D eigenvalue weighted by molar-refractivity contribution is -0.894. The van der Waals surface area contributed by atoms with Crippen molar-refractivity contribution < 1.29 is 63.2 Å². The Bertz CT molecular complexity index is 7270. The first kappa shape index (κ1) is 92.0. The van der Waals surface area contributed by atoms with Gasteiger partial charge < -0.3 is 62.8 Å². The number of pyridine rings is 4. The van der Waals surface area contributed by atoms with Crippen molar-refractivity contribution in [2.75, 3.05) is 203 Å². The highest BCUT2D eigenvalue weighted by Crippen LogP contribution is 2.40. The maximum Gasteiger partial charge on any atom is 0.162 e. The molecule has 8 fully saturated rings. The summed E-state index contributed by atoms with van der Waals surface area (Å²) in [6.07, 6.45) is 38.6. The van der Waals surface area contributed by atoms with E-state index in [2.05, 4.69) is 99.8 Å². The summed E-state index contributed by atoms with van der Waals surface area (Å²) in [7, 11) is 3.60. The van der Waals surface area contributed by atoms with Gasteiger partial charge >= 0.3 is 0 Å². The largest absolute Gasteiger partial charge is 1.00 e. The van der Waals surface area contributed by atoms with E-state index in [9.17, 15) is 31.2 Å². The third-order valence-corrected chi connectivity index (χ3v) is 32.0. The van der Waals surface area contributed by atoms with E-state index >= 15 is 0 Å². The highest BCUT2D eigenvalue weighted by atomic mass is 127. The molecule has 0 saturated carbocycles. The van der Waals surface area contributed by atoms with Gasteiger partial charge in [0.25, 0.3) is 0 Å². The molecule has 8 saturated heterocycles. The summed E-state index contributed by atoms with van der Waals surface area (Å²) in [5.41, 5.74) is 19.5. The van der Waals surface area contributed by atoms with Crippen molar-refractivity contribution in [2.24, 2.45) is 0 Å². The summed E-state index contributed by atoms with van der Waals surface area (Å²) in [5.74, 6) is -0.470. The van der Waals surface area contributed by atoms with Crippen molar-refractivity contribution in [2.45, 2.75) is 103 Å². The smallest absolute Gasteiger partial charge is 0.162 e. The molecule has 0 atom stereocenters. The van der Waals surface area contributed by atoms with Gasteiger partial charge in [-0.15, -0.1) is 0 Å². The Labute approximate surface area is 833 Å². The van der Waals surface area contributed by atoms with Crippen molar-refractivity contribution in [3.63, 3.8) is 0 Å². The van der Waals surface area contributed by atoms with E-state index in [0.29, 0.717) is 108 Å². The molecule has 0 bridgehead atoms. The minimum absolute atomic E-state index is 0. The number of quaternary nitrogens is 2. The lowest BCUT2D eigenvalue weighted by atomic mass is 10.0. The van der Waals surface area contributed by atoms with E-state index in [1.54, 1.807) is 75.1 Å². The van der Waals surface area contributed by atoms with Crippen molar-refractivity contribution in [3.8, 4) is 44.5 Å². The fourth-order valence-electron chi connectivity index (χ4n) is 21.7. The third kappa shape index (κ3) is 20.1. The number of anilines is 4. The van der Waals surface area contributed by atoms with Gasteiger partial charge in [0.05, 0.1) is 178 Å². The minimum Gasteiger partial charge on any atom is -1.00 e. The zero-order valence-corrected chi connectivity index (χ0v) is 83.2. The van der Waals surface area contributed by atoms with Crippen LogP contribution in [0.15, 0.2) is 172 Å². The number of hydrogen-bond acceptors (Lipinski definition) is 24. The molecule has 20 heterocycles. The van der Waals surface area contributed by atoms with Crippen LogP contribution in [0, 0.1) is 56.2 Å². The zero-order valence-electron chi connectivity index (χ0n) is 83.2. The first-order valence-electron chi connectivity index (χ1n) is 50.3. The van der Waals surface area contributed by atoms with Gasteiger partial charge in [0.2, 0.25) is 0 Å².